The third kappa shape index (κ3) is 4.10. The van der Waals surface area contributed by atoms with Gasteiger partial charge in [-0.05, 0) is 66.0 Å². The standard InChI is InChI=1S/C19H25NOS/c1-2-3-4-19(21)20-10-9-16-13-22-18-8-7-15(12-17(16)18)11-14-5-6-14/h7-8,12-14H,2-6,9-11H2,1H3,(H,20,21). The Balaban J connectivity index is 1.59. The van der Waals surface area contributed by atoms with Crippen molar-refractivity contribution >= 4 is 27.3 Å². The largest absolute Gasteiger partial charge is 0.356 e. The van der Waals surface area contributed by atoms with Gasteiger partial charge in [-0.3, -0.25) is 4.79 Å². The van der Waals surface area contributed by atoms with E-state index in [2.05, 4.69) is 35.8 Å². The van der Waals surface area contributed by atoms with Crippen LogP contribution in [0, 0.1) is 5.92 Å². The third-order valence-corrected chi connectivity index (χ3v) is 5.43. The quantitative estimate of drug-likeness (QED) is 0.751. The molecular weight excluding hydrogens is 290 g/mol. The summed E-state index contributed by atoms with van der Waals surface area (Å²) in [6.45, 7) is 2.87. The van der Waals surface area contributed by atoms with Gasteiger partial charge >= 0.3 is 0 Å². The van der Waals surface area contributed by atoms with Gasteiger partial charge in [0.25, 0.3) is 0 Å². The molecule has 22 heavy (non-hydrogen) atoms. The van der Waals surface area contributed by atoms with Crippen molar-refractivity contribution in [2.24, 2.45) is 5.92 Å². The Morgan fingerprint density at radius 1 is 1.36 bits per heavy atom. The summed E-state index contributed by atoms with van der Waals surface area (Å²) < 4.78 is 1.37. The predicted octanol–water partition coefficient (Wildman–Crippen LogP) is 4.70. The molecule has 1 heterocycles. The molecule has 2 nitrogen and oxygen atoms in total. The van der Waals surface area contributed by atoms with Gasteiger partial charge in [-0.25, -0.2) is 0 Å². The molecule has 0 saturated heterocycles. The smallest absolute Gasteiger partial charge is 0.220 e. The summed E-state index contributed by atoms with van der Waals surface area (Å²) in [6.07, 6.45) is 7.69. The molecule has 0 aliphatic heterocycles. The molecule has 1 amide bonds. The van der Waals surface area contributed by atoms with Crippen LogP contribution in [0.2, 0.25) is 0 Å². The van der Waals surface area contributed by atoms with Crippen molar-refractivity contribution in [2.75, 3.05) is 6.54 Å². The molecule has 1 N–H and O–H groups in total. The number of carbonyl (C=O) groups excluding carboxylic acids is 1. The van der Waals surface area contributed by atoms with Gasteiger partial charge in [-0.15, -0.1) is 11.3 Å². The van der Waals surface area contributed by atoms with Crippen molar-refractivity contribution in [3.05, 3.63) is 34.7 Å². The van der Waals surface area contributed by atoms with Gasteiger partial charge in [0.1, 0.15) is 0 Å². The number of carbonyl (C=O) groups is 1. The first-order chi connectivity index (χ1) is 10.8. The highest BCUT2D eigenvalue weighted by Crippen LogP contribution is 2.34. The Morgan fingerprint density at radius 2 is 2.23 bits per heavy atom. The van der Waals surface area contributed by atoms with Crippen LogP contribution in [-0.2, 0) is 17.6 Å². The first-order valence-corrected chi connectivity index (χ1v) is 9.40. The number of rotatable bonds is 8. The van der Waals surface area contributed by atoms with Crippen molar-refractivity contribution < 1.29 is 4.79 Å². The van der Waals surface area contributed by atoms with Crippen LogP contribution < -0.4 is 5.32 Å². The summed E-state index contributed by atoms with van der Waals surface area (Å²) >= 11 is 1.82. The topological polar surface area (TPSA) is 29.1 Å². The summed E-state index contributed by atoms with van der Waals surface area (Å²) in [6, 6.07) is 6.92. The van der Waals surface area contributed by atoms with E-state index in [0.717, 1.165) is 31.7 Å². The minimum Gasteiger partial charge on any atom is -0.356 e. The molecule has 3 heteroatoms. The van der Waals surface area contributed by atoms with Crippen molar-refractivity contribution in [3.63, 3.8) is 0 Å². The lowest BCUT2D eigenvalue weighted by Gasteiger charge is -2.05. The zero-order valence-corrected chi connectivity index (χ0v) is 14.2. The highest BCUT2D eigenvalue weighted by Gasteiger charge is 2.21. The summed E-state index contributed by atoms with van der Waals surface area (Å²) in [7, 11) is 0. The van der Waals surface area contributed by atoms with Gasteiger partial charge in [0.05, 0.1) is 0 Å². The van der Waals surface area contributed by atoms with Crippen LogP contribution in [0.4, 0.5) is 0 Å². The fraction of sp³-hybridized carbons (Fsp3) is 0.526. The van der Waals surface area contributed by atoms with E-state index in [-0.39, 0.29) is 5.91 Å². The number of fused-ring (bicyclic) bond motifs is 1. The van der Waals surface area contributed by atoms with E-state index in [4.69, 9.17) is 0 Å². The van der Waals surface area contributed by atoms with Gasteiger partial charge < -0.3 is 5.32 Å². The maximum atomic E-state index is 11.7. The number of amides is 1. The molecule has 1 aromatic heterocycles. The van der Waals surface area contributed by atoms with E-state index in [0.29, 0.717) is 6.42 Å². The Morgan fingerprint density at radius 3 is 3.00 bits per heavy atom. The maximum absolute atomic E-state index is 11.7. The van der Waals surface area contributed by atoms with E-state index >= 15 is 0 Å². The van der Waals surface area contributed by atoms with Crippen LogP contribution in [0.25, 0.3) is 10.1 Å². The lowest BCUT2D eigenvalue weighted by Crippen LogP contribution is -2.25. The van der Waals surface area contributed by atoms with E-state index in [9.17, 15) is 4.79 Å². The van der Waals surface area contributed by atoms with Crippen LogP contribution in [0.5, 0.6) is 0 Å². The van der Waals surface area contributed by atoms with Crippen molar-refractivity contribution in [1.29, 1.82) is 0 Å². The van der Waals surface area contributed by atoms with Gasteiger partial charge in [0, 0.05) is 17.7 Å². The molecule has 0 bridgehead atoms. The molecule has 3 rings (SSSR count). The van der Waals surface area contributed by atoms with Crippen LogP contribution in [0.3, 0.4) is 0 Å². The van der Waals surface area contributed by atoms with Crippen molar-refractivity contribution in [3.8, 4) is 0 Å². The number of thiophene rings is 1. The Hall–Kier alpha value is -1.35. The molecule has 1 fully saturated rings. The van der Waals surface area contributed by atoms with Crippen LogP contribution in [0.1, 0.15) is 50.2 Å². The maximum Gasteiger partial charge on any atom is 0.220 e. The summed E-state index contributed by atoms with van der Waals surface area (Å²) in [5.41, 5.74) is 2.86. The van der Waals surface area contributed by atoms with E-state index in [1.165, 1.54) is 40.5 Å². The fourth-order valence-corrected chi connectivity index (χ4v) is 3.84. The van der Waals surface area contributed by atoms with Gasteiger partial charge in [-0.2, -0.15) is 0 Å². The average molecular weight is 315 g/mol. The molecule has 1 aliphatic rings. The first kappa shape index (κ1) is 15.5. The first-order valence-electron chi connectivity index (χ1n) is 8.52. The molecule has 0 spiro atoms. The highest BCUT2D eigenvalue weighted by molar-refractivity contribution is 7.17. The van der Waals surface area contributed by atoms with E-state index in [1.807, 2.05) is 11.3 Å². The molecule has 1 aromatic carbocycles. The number of hydrogen-bond donors (Lipinski definition) is 1. The van der Waals surface area contributed by atoms with Gasteiger partial charge in [0.15, 0.2) is 0 Å². The van der Waals surface area contributed by atoms with Crippen molar-refractivity contribution in [2.45, 2.75) is 51.9 Å². The highest BCUT2D eigenvalue weighted by atomic mass is 32.1. The molecule has 0 atom stereocenters. The minimum atomic E-state index is 0.191. The normalized spacial score (nSPS) is 14.4. The van der Waals surface area contributed by atoms with E-state index in [1.54, 1.807) is 0 Å². The predicted molar refractivity (Wildman–Crippen MR) is 94.5 cm³/mol. The van der Waals surface area contributed by atoms with Crippen LogP contribution in [0.15, 0.2) is 23.6 Å². The Bertz CT molecular complexity index is 642. The number of benzene rings is 1. The molecule has 2 aromatic rings. The number of unbranched alkanes of at least 4 members (excludes halogenated alkanes) is 1. The zero-order valence-electron chi connectivity index (χ0n) is 13.4. The van der Waals surface area contributed by atoms with Crippen LogP contribution in [-0.4, -0.2) is 12.5 Å². The van der Waals surface area contributed by atoms with E-state index < -0.39 is 0 Å². The van der Waals surface area contributed by atoms with Gasteiger partial charge in [0.2, 0.25) is 5.91 Å². The number of hydrogen-bond acceptors (Lipinski definition) is 2. The Labute approximate surface area is 136 Å². The molecular formula is C19H25NOS. The lowest BCUT2D eigenvalue weighted by molar-refractivity contribution is -0.121. The summed E-state index contributed by atoms with van der Waals surface area (Å²) in [5, 5.41) is 6.69. The fourth-order valence-electron chi connectivity index (χ4n) is 2.87. The average Bonchev–Trinajstić information content (AvgIpc) is 3.25. The molecule has 0 unspecified atom stereocenters. The molecule has 1 aliphatic carbocycles. The molecule has 0 radical (unpaired) electrons. The van der Waals surface area contributed by atoms with Gasteiger partial charge in [-0.1, -0.05) is 25.5 Å². The zero-order chi connectivity index (χ0) is 15.4. The summed E-state index contributed by atoms with van der Waals surface area (Å²) in [4.78, 5) is 11.7. The molecule has 118 valence electrons. The minimum absolute atomic E-state index is 0.191. The van der Waals surface area contributed by atoms with Crippen LogP contribution >= 0.6 is 11.3 Å². The second kappa shape index (κ2) is 7.28. The SMILES string of the molecule is CCCCC(=O)NCCc1csc2ccc(CC3CC3)cc12. The summed E-state index contributed by atoms with van der Waals surface area (Å²) in [5.74, 6) is 1.12. The second-order valence-electron chi connectivity index (χ2n) is 6.44. The second-order valence-corrected chi connectivity index (χ2v) is 7.35. The lowest BCUT2D eigenvalue weighted by atomic mass is 10.0. The number of nitrogens with one attached hydrogen (secondary N) is 1. The monoisotopic (exact) mass is 315 g/mol. The van der Waals surface area contributed by atoms with Crippen molar-refractivity contribution in [1.82, 2.24) is 5.32 Å². The third-order valence-electron chi connectivity index (χ3n) is 4.41. The Kier molecular flexibility index (Phi) is 5.14. The molecule has 1 saturated carbocycles.